The van der Waals surface area contributed by atoms with E-state index in [1.54, 1.807) is 38.2 Å². The zero-order valence-corrected chi connectivity index (χ0v) is 11.4. The number of carbonyl (C=O) groups excluding carboxylic acids is 1. The summed E-state index contributed by atoms with van der Waals surface area (Å²) in [4.78, 5) is 17.7. The van der Waals surface area contributed by atoms with Crippen molar-refractivity contribution in [3.05, 3.63) is 59.7 Å². The summed E-state index contributed by atoms with van der Waals surface area (Å²) in [5, 5.41) is 0. The minimum absolute atomic E-state index is 0.286. The van der Waals surface area contributed by atoms with Gasteiger partial charge in [-0.15, -0.1) is 0 Å². The number of rotatable bonds is 3. The Labute approximate surface area is 117 Å². The molecule has 0 aliphatic rings. The second-order valence-electron chi connectivity index (χ2n) is 4.58. The second kappa shape index (κ2) is 5.69. The monoisotopic (exact) mass is 273 g/mol. The Kier molecular flexibility index (Phi) is 3.98. The molecule has 0 saturated carbocycles. The lowest BCUT2D eigenvalue weighted by Crippen LogP contribution is -2.30. The summed E-state index contributed by atoms with van der Waals surface area (Å²) >= 11 is 0. The van der Waals surface area contributed by atoms with Crippen LogP contribution in [0.3, 0.4) is 0 Å². The third-order valence-corrected chi connectivity index (χ3v) is 3.34. The van der Waals surface area contributed by atoms with Crippen LogP contribution in [0.1, 0.15) is 28.9 Å². The maximum atomic E-state index is 13.8. The van der Waals surface area contributed by atoms with Crippen molar-refractivity contribution < 1.29 is 9.18 Å². The van der Waals surface area contributed by atoms with E-state index in [9.17, 15) is 9.18 Å². The molecule has 0 spiro atoms. The van der Waals surface area contributed by atoms with Gasteiger partial charge in [0.2, 0.25) is 0 Å². The fraction of sp³-hybridized carbons (Fsp3) is 0.200. The number of hydrogen-bond donors (Lipinski definition) is 1. The number of halogens is 1. The van der Waals surface area contributed by atoms with Crippen molar-refractivity contribution in [3.63, 3.8) is 0 Å². The molecule has 1 aromatic carbocycles. The first-order valence-corrected chi connectivity index (χ1v) is 6.23. The number of hydrogen-bond acceptors (Lipinski definition) is 3. The van der Waals surface area contributed by atoms with E-state index in [1.807, 2.05) is 0 Å². The number of benzene rings is 1. The van der Waals surface area contributed by atoms with E-state index in [2.05, 4.69) is 4.98 Å². The topological polar surface area (TPSA) is 59.2 Å². The van der Waals surface area contributed by atoms with Crippen molar-refractivity contribution >= 4 is 11.6 Å². The molecular formula is C15H16FN3O. The zero-order valence-electron chi connectivity index (χ0n) is 11.4. The fourth-order valence-electron chi connectivity index (χ4n) is 1.97. The third kappa shape index (κ3) is 2.61. The first-order valence-electron chi connectivity index (χ1n) is 6.23. The number of amides is 1. The Morgan fingerprint density at radius 2 is 2.05 bits per heavy atom. The lowest BCUT2D eigenvalue weighted by molar-refractivity contribution is 0.0741. The molecule has 0 fully saturated rings. The number of aromatic nitrogens is 1. The van der Waals surface area contributed by atoms with Gasteiger partial charge >= 0.3 is 0 Å². The van der Waals surface area contributed by atoms with Crippen LogP contribution in [0.15, 0.2) is 42.7 Å². The van der Waals surface area contributed by atoms with E-state index in [4.69, 9.17) is 5.73 Å². The number of anilines is 1. The van der Waals surface area contributed by atoms with E-state index in [-0.39, 0.29) is 11.7 Å². The van der Waals surface area contributed by atoms with E-state index in [0.29, 0.717) is 16.8 Å². The van der Waals surface area contributed by atoms with Gasteiger partial charge in [-0.1, -0.05) is 18.2 Å². The minimum Gasteiger partial charge on any atom is -0.398 e. The van der Waals surface area contributed by atoms with Crippen LogP contribution in [0.4, 0.5) is 10.1 Å². The summed E-state index contributed by atoms with van der Waals surface area (Å²) in [6.07, 6.45) is 2.94. The van der Waals surface area contributed by atoms with Crippen molar-refractivity contribution in [2.75, 3.05) is 12.8 Å². The highest BCUT2D eigenvalue weighted by atomic mass is 19.1. The van der Waals surface area contributed by atoms with Crippen molar-refractivity contribution in [1.29, 1.82) is 0 Å². The molecule has 2 rings (SSSR count). The largest absolute Gasteiger partial charge is 0.398 e. The number of carbonyl (C=O) groups is 1. The molecule has 2 N–H and O–H groups in total. The van der Waals surface area contributed by atoms with Crippen molar-refractivity contribution in [1.82, 2.24) is 9.88 Å². The molecule has 1 atom stereocenters. The summed E-state index contributed by atoms with van der Waals surface area (Å²) in [6, 6.07) is 7.56. The molecule has 20 heavy (non-hydrogen) atoms. The van der Waals surface area contributed by atoms with Gasteiger partial charge in [0.05, 0.1) is 11.6 Å². The van der Waals surface area contributed by atoms with Gasteiger partial charge in [-0.3, -0.25) is 9.78 Å². The van der Waals surface area contributed by atoms with Gasteiger partial charge in [0.25, 0.3) is 5.91 Å². The molecule has 1 amide bonds. The Morgan fingerprint density at radius 3 is 2.70 bits per heavy atom. The third-order valence-electron chi connectivity index (χ3n) is 3.34. The van der Waals surface area contributed by atoms with Gasteiger partial charge in [-0.2, -0.15) is 0 Å². The molecular weight excluding hydrogens is 257 g/mol. The molecule has 4 nitrogen and oxygen atoms in total. The molecule has 0 radical (unpaired) electrons. The lowest BCUT2D eigenvalue weighted by Gasteiger charge is -2.26. The summed E-state index contributed by atoms with van der Waals surface area (Å²) < 4.78 is 13.8. The quantitative estimate of drug-likeness (QED) is 0.935. The second-order valence-corrected chi connectivity index (χ2v) is 4.58. The van der Waals surface area contributed by atoms with Crippen LogP contribution in [0.25, 0.3) is 0 Å². The minimum atomic E-state index is -0.400. The first kappa shape index (κ1) is 14.0. The number of pyridine rings is 1. The molecule has 1 unspecified atom stereocenters. The van der Waals surface area contributed by atoms with Crippen LogP contribution in [0.2, 0.25) is 0 Å². The highest BCUT2D eigenvalue weighted by molar-refractivity contribution is 5.98. The number of nitrogens with two attached hydrogens (primary N) is 1. The van der Waals surface area contributed by atoms with Crippen LogP contribution >= 0.6 is 0 Å². The van der Waals surface area contributed by atoms with Crippen LogP contribution in [0, 0.1) is 5.82 Å². The highest BCUT2D eigenvalue weighted by Crippen LogP contribution is 2.24. The maximum Gasteiger partial charge on any atom is 0.257 e. The molecule has 1 aromatic heterocycles. The van der Waals surface area contributed by atoms with Crippen molar-refractivity contribution in [2.45, 2.75) is 13.0 Å². The molecule has 0 aliphatic carbocycles. The lowest BCUT2D eigenvalue weighted by atomic mass is 10.1. The van der Waals surface area contributed by atoms with E-state index in [1.165, 1.54) is 23.4 Å². The molecule has 0 bridgehead atoms. The van der Waals surface area contributed by atoms with Crippen LogP contribution < -0.4 is 5.73 Å². The van der Waals surface area contributed by atoms with Crippen LogP contribution in [-0.2, 0) is 0 Å². The molecule has 2 aromatic rings. The van der Waals surface area contributed by atoms with Crippen LogP contribution in [-0.4, -0.2) is 22.8 Å². The molecule has 0 saturated heterocycles. The summed E-state index contributed by atoms with van der Waals surface area (Å²) in [7, 11) is 1.62. The van der Waals surface area contributed by atoms with Gasteiger partial charge < -0.3 is 10.6 Å². The van der Waals surface area contributed by atoms with Crippen LogP contribution in [0.5, 0.6) is 0 Å². The first-order chi connectivity index (χ1) is 9.52. The van der Waals surface area contributed by atoms with Gasteiger partial charge in [-0.05, 0) is 19.1 Å². The Bertz CT molecular complexity index is 630. The summed E-state index contributed by atoms with van der Waals surface area (Å²) in [5.74, 6) is -0.620. The Morgan fingerprint density at radius 1 is 1.35 bits per heavy atom. The van der Waals surface area contributed by atoms with E-state index < -0.39 is 6.04 Å². The molecule has 0 aliphatic heterocycles. The standard InChI is InChI=1S/C15H16FN3O/c1-10(11-5-3-4-6-13(11)16)19(2)15(20)12-9-18-8-7-14(12)17/h3-10H,1-2H3,(H2,17,18). The maximum absolute atomic E-state index is 13.8. The van der Waals surface area contributed by atoms with E-state index in [0.717, 1.165) is 0 Å². The average Bonchev–Trinajstić information content (AvgIpc) is 2.46. The van der Waals surface area contributed by atoms with Crippen molar-refractivity contribution in [2.24, 2.45) is 0 Å². The SMILES string of the molecule is CC(c1ccccc1F)N(C)C(=O)c1cnccc1N. The van der Waals surface area contributed by atoms with E-state index >= 15 is 0 Å². The van der Waals surface area contributed by atoms with Gasteiger partial charge in [0, 0.05) is 30.7 Å². The van der Waals surface area contributed by atoms with Gasteiger partial charge in [0.1, 0.15) is 5.82 Å². The zero-order chi connectivity index (χ0) is 14.7. The van der Waals surface area contributed by atoms with Gasteiger partial charge in [-0.25, -0.2) is 4.39 Å². The predicted molar refractivity (Wildman–Crippen MR) is 75.6 cm³/mol. The number of nitrogens with zero attached hydrogens (tertiary/aromatic N) is 2. The highest BCUT2D eigenvalue weighted by Gasteiger charge is 2.22. The average molecular weight is 273 g/mol. The summed E-state index contributed by atoms with van der Waals surface area (Å²) in [6.45, 7) is 1.77. The fourth-order valence-corrected chi connectivity index (χ4v) is 1.97. The Balaban J connectivity index is 2.28. The van der Waals surface area contributed by atoms with Crippen molar-refractivity contribution in [3.8, 4) is 0 Å². The number of nitrogen functional groups attached to an aromatic ring is 1. The predicted octanol–water partition coefficient (Wildman–Crippen LogP) is 2.64. The molecule has 104 valence electrons. The van der Waals surface area contributed by atoms with Gasteiger partial charge in [0.15, 0.2) is 0 Å². The normalized spacial score (nSPS) is 11.9. The molecule has 1 heterocycles. The Hall–Kier alpha value is -2.43. The summed E-state index contributed by atoms with van der Waals surface area (Å²) in [5.41, 5.74) is 6.91. The molecule has 5 heteroatoms. The smallest absolute Gasteiger partial charge is 0.257 e.